The first-order valence-electron chi connectivity index (χ1n) is 11.9. The van der Waals surface area contributed by atoms with Crippen LogP contribution in [0, 0.1) is 11.3 Å². The first kappa shape index (κ1) is 27.9. The number of hydrogen-bond donors (Lipinski definition) is 2. The van der Waals surface area contributed by atoms with E-state index < -0.39 is 0 Å². The molecule has 2 atom stereocenters. The zero-order chi connectivity index (χ0) is 23.8. The molecule has 10 heteroatoms. The SMILES string of the molecule is CCOC(=O)C[C@H]1CN(CC(=O)OCC)CC[C@H]1N1CCN(c2ccc(C(=N)N)cc2)CC1.Cl. The van der Waals surface area contributed by atoms with E-state index in [4.69, 9.17) is 20.6 Å². The van der Waals surface area contributed by atoms with Gasteiger partial charge < -0.3 is 20.1 Å². The van der Waals surface area contributed by atoms with E-state index in [-0.39, 0.29) is 48.7 Å². The maximum absolute atomic E-state index is 12.3. The number of ether oxygens (including phenoxy) is 2. The number of carbonyl (C=O) groups excluding carboxylic acids is 2. The molecule has 9 nitrogen and oxygen atoms in total. The van der Waals surface area contributed by atoms with Gasteiger partial charge in [-0.25, -0.2) is 0 Å². The van der Waals surface area contributed by atoms with Crippen LogP contribution in [0.1, 0.15) is 32.3 Å². The normalized spacial score (nSPS) is 21.4. The Labute approximate surface area is 208 Å². The average Bonchev–Trinajstić information content (AvgIpc) is 2.80. The molecule has 2 aliphatic rings. The van der Waals surface area contributed by atoms with Gasteiger partial charge in [0.1, 0.15) is 5.84 Å². The zero-order valence-corrected chi connectivity index (χ0v) is 21.0. The third-order valence-electron chi connectivity index (χ3n) is 6.50. The fraction of sp³-hybridized carbons (Fsp3) is 0.625. The number of nitrogens with two attached hydrogens (primary N) is 1. The van der Waals surface area contributed by atoms with E-state index >= 15 is 0 Å². The van der Waals surface area contributed by atoms with Crippen molar-refractivity contribution in [1.82, 2.24) is 9.80 Å². The number of piperazine rings is 1. The molecule has 2 saturated heterocycles. The van der Waals surface area contributed by atoms with Gasteiger partial charge in [-0.15, -0.1) is 12.4 Å². The molecule has 0 bridgehead atoms. The standard InChI is InChI=1S/C24H37N5O4.ClH/c1-3-32-22(30)15-19-16-27(17-23(31)33-4-2)10-9-21(19)29-13-11-28(12-14-29)20-7-5-18(6-8-20)24(25)26;/h5-8,19,21H,3-4,9-17H2,1-2H3,(H3,25,26);1H/t19-,21+;/m0./s1. The summed E-state index contributed by atoms with van der Waals surface area (Å²) in [5, 5.41) is 7.55. The molecular formula is C24H38ClN5O4. The molecule has 34 heavy (non-hydrogen) atoms. The Kier molecular flexibility index (Phi) is 11.1. The Bertz CT molecular complexity index is 814. The predicted octanol–water partition coefficient (Wildman–Crippen LogP) is 1.72. The highest BCUT2D eigenvalue weighted by Gasteiger charge is 2.36. The number of halogens is 1. The Morgan fingerprint density at radius 3 is 2.21 bits per heavy atom. The van der Waals surface area contributed by atoms with Crippen LogP contribution in [0.4, 0.5) is 5.69 Å². The first-order chi connectivity index (χ1) is 15.9. The van der Waals surface area contributed by atoms with Crippen molar-refractivity contribution in [3.63, 3.8) is 0 Å². The number of piperidine rings is 1. The summed E-state index contributed by atoms with van der Waals surface area (Å²) >= 11 is 0. The summed E-state index contributed by atoms with van der Waals surface area (Å²) in [5.74, 6) is -0.188. The maximum atomic E-state index is 12.3. The Morgan fingerprint density at radius 2 is 1.62 bits per heavy atom. The van der Waals surface area contributed by atoms with E-state index in [1.54, 1.807) is 0 Å². The number of nitrogen functional groups attached to an aromatic ring is 1. The fourth-order valence-electron chi connectivity index (χ4n) is 4.91. The van der Waals surface area contributed by atoms with Crippen molar-refractivity contribution in [2.75, 3.05) is 63.9 Å². The van der Waals surface area contributed by atoms with Gasteiger partial charge in [0.05, 0.1) is 26.2 Å². The highest BCUT2D eigenvalue weighted by atomic mass is 35.5. The maximum Gasteiger partial charge on any atom is 0.320 e. The largest absolute Gasteiger partial charge is 0.466 e. The number of nitrogens with zero attached hydrogens (tertiary/aromatic N) is 3. The van der Waals surface area contributed by atoms with Gasteiger partial charge in [-0.1, -0.05) is 0 Å². The molecule has 3 N–H and O–H groups in total. The molecule has 0 unspecified atom stereocenters. The van der Waals surface area contributed by atoms with Crippen LogP contribution >= 0.6 is 12.4 Å². The molecule has 1 aromatic carbocycles. The average molecular weight is 496 g/mol. The van der Waals surface area contributed by atoms with Crippen molar-refractivity contribution in [2.45, 2.75) is 32.7 Å². The van der Waals surface area contributed by atoms with Crippen LogP contribution in [0.3, 0.4) is 0 Å². The van der Waals surface area contributed by atoms with Crippen molar-refractivity contribution >= 4 is 35.9 Å². The molecule has 1 aromatic rings. The highest BCUT2D eigenvalue weighted by molar-refractivity contribution is 5.95. The molecule has 0 spiro atoms. The Hall–Kier alpha value is -2.36. The molecule has 3 rings (SSSR count). The van der Waals surface area contributed by atoms with E-state index in [0.29, 0.717) is 26.2 Å². The molecule has 190 valence electrons. The van der Waals surface area contributed by atoms with Crippen LogP contribution in [-0.2, 0) is 19.1 Å². The third kappa shape index (κ3) is 7.58. The molecule has 2 aliphatic heterocycles. The number of rotatable bonds is 9. The predicted molar refractivity (Wildman–Crippen MR) is 135 cm³/mol. The lowest BCUT2D eigenvalue weighted by Crippen LogP contribution is -2.57. The summed E-state index contributed by atoms with van der Waals surface area (Å²) in [6, 6.07) is 8.10. The lowest BCUT2D eigenvalue weighted by molar-refractivity contribution is -0.146. The molecule has 0 saturated carbocycles. The summed E-state index contributed by atoms with van der Waals surface area (Å²) < 4.78 is 10.3. The van der Waals surface area contributed by atoms with Gasteiger partial charge in [-0.05, 0) is 50.5 Å². The molecule has 0 amide bonds. The topological polar surface area (TPSA) is 112 Å². The quantitative estimate of drug-likeness (QED) is 0.302. The van der Waals surface area contributed by atoms with Crippen molar-refractivity contribution in [2.24, 2.45) is 11.7 Å². The number of amidine groups is 1. The fourth-order valence-corrected chi connectivity index (χ4v) is 4.91. The van der Waals surface area contributed by atoms with Gasteiger partial charge in [-0.2, -0.15) is 0 Å². The highest BCUT2D eigenvalue weighted by Crippen LogP contribution is 2.28. The summed E-state index contributed by atoms with van der Waals surface area (Å²) in [6.45, 7) is 9.79. The number of benzene rings is 1. The number of likely N-dealkylation sites (tertiary alicyclic amines) is 1. The van der Waals surface area contributed by atoms with Gasteiger partial charge in [0.2, 0.25) is 0 Å². The second kappa shape index (κ2) is 13.5. The summed E-state index contributed by atoms with van der Waals surface area (Å²) in [6.07, 6.45) is 1.28. The number of hydrogen-bond acceptors (Lipinski definition) is 8. The van der Waals surface area contributed by atoms with Gasteiger partial charge in [0.25, 0.3) is 0 Å². The number of nitrogens with one attached hydrogen (secondary N) is 1. The van der Waals surface area contributed by atoms with Gasteiger partial charge in [-0.3, -0.25) is 24.8 Å². The molecule has 0 radical (unpaired) electrons. The van der Waals surface area contributed by atoms with Crippen molar-refractivity contribution in [3.8, 4) is 0 Å². The summed E-state index contributed by atoms with van der Waals surface area (Å²) in [5.41, 5.74) is 7.42. The molecular weight excluding hydrogens is 458 g/mol. The second-order valence-electron chi connectivity index (χ2n) is 8.65. The van der Waals surface area contributed by atoms with E-state index in [9.17, 15) is 9.59 Å². The Balaban J connectivity index is 0.00000408. The number of carbonyl (C=O) groups is 2. The summed E-state index contributed by atoms with van der Waals surface area (Å²) in [7, 11) is 0. The van der Waals surface area contributed by atoms with Crippen LogP contribution in [0.15, 0.2) is 24.3 Å². The summed E-state index contributed by atoms with van der Waals surface area (Å²) in [4.78, 5) is 31.2. The van der Waals surface area contributed by atoms with Crippen LogP contribution in [0.2, 0.25) is 0 Å². The van der Waals surface area contributed by atoms with E-state index in [2.05, 4.69) is 14.7 Å². The van der Waals surface area contributed by atoms with E-state index in [1.807, 2.05) is 38.1 Å². The lowest BCUT2D eigenvalue weighted by Gasteiger charge is -2.46. The van der Waals surface area contributed by atoms with Crippen LogP contribution < -0.4 is 10.6 Å². The smallest absolute Gasteiger partial charge is 0.320 e. The minimum absolute atomic E-state index is 0. The lowest BCUT2D eigenvalue weighted by atomic mass is 9.87. The monoisotopic (exact) mass is 495 g/mol. The Morgan fingerprint density at radius 1 is 1.00 bits per heavy atom. The number of esters is 2. The van der Waals surface area contributed by atoms with Crippen molar-refractivity contribution in [3.05, 3.63) is 29.8 Å². The molecule has 0 aromatic heterocycles. The molecule has 2 fully saturated rings. The van der Waals surface area contributed by atoms with Gasteiger partial charge in [0, 0.05) is 56.6 Å². The van der Waals surface area contributed by atoms with E-state index in [1.165, 1.54) is 0 Å². The van der Waals surface area contributed by atoms with Crippen molar-refractivity contribution in [1.29, 1.82) is 5.41 Å². The van der Waals surface area contributed by atoms with Gasteiger partial charge in [0.15, 0.2) is 0 Å². The second-order valence-corrected chi connectivity index (χ2v) is 8.65. The van der Waals surface area contributed by atoms with E-state index in [0.717, 1.165) is 50.4 Å². The number of anilines is 1. The van der Waals surface area contributed by atoms with Crippen LogP contribution in [0.5, 0.6) is 0 Å². The first-order valence-corrected chi connectivity index (χ1v) is 11.9. The minimum atomic E-state index is -0.213. The zero-order valence-electron chi connectivity index (χ0n) is 20.2. The van der Waals surface area contributed by atoms with Crippen molar-refractivity contribution < 1.29 is 19.1 Å². The molecule has 0 aliphatic carbocycles. The van der Waals surface area contributed by atoms with Crippen LogP contribution in [0.25, 0.3) is 0 Å². The van der Waals surface area contributed by atoms with Crippen LogP contribution in [-0.4, -0.2) is 92.6 Å². The third-order valence-corrected chi connectivity index (χ3v) is 6.50. The van der Waals surface area contributed by atoms with Gasteiger partial charge >= 0.3 is 11.9 Å². The minimum Gasteiger partial charge on any atom is -0.466 e. The molecule has 2 heterocycles.